The van der Waals surface area contributed by atoms with Gasteiger partial charge in [-0.15, -0.1) is 0 Å². The van der Waals surface area contributed by atoms with Crippen molar-refractivity contribution in [2.75, 3.05) is 7.11 Å². The predicted molar refractivity (Wildman–Crippen MR) is 113 cm³/mol. The normalized spacial score (nSPS) is 10.5. The highest BCUT2D eigenvalue weighted by atomic mass is 16.6. The molecule has 0 heterocycles. The fraction of sp³-hybridized carbons (Fsp3) is 0.0455. The van der Waals surface area contributed by atoms with Crippen molar-refractivity contribution in [2.24, 2.45) is 5.10 Å². The molecule has 31 heavy (non-hydrogen) atoms. The highest BCUT2D eigenvalue weighted by molar-refractivity contribution is 5.95. The monoisotopic (exact) mass is 419 g/mol. The van der Waals surface area contributed by atoms with Gasteiger partial charge in [0, 0.05) is 17.2 Å². The Morgan fingerprint density at radius 1 is 1.00 bits per heavy atom. The summed E-state index contributed by atoms with van der Waals surface area (Å²) < 4.78 is 10.2. The highest BCUT2D eigenvalue weighted by Crippen LogP contribution is 2.28. The summed E-state index contributed by atoms with van der Waals surface area (Å²) in [5.74, 6) is -0.752. The molecule has 0 aliphatic carbocycles. The zero-order valence-corrected chi connectivity index (χ0v) is 16.3. The third-order valence-electron chi connectivity index (χ3n) is 4.12. The Labute approximate surface area is 177 Å². The van der Waals surface area contributed by atoms with Gasteiger partial charge in [0.2, 0.25) is 5.75 Å². The molecule has 0 unspecified atom stereocenters. The SMILES string of the molecule is COc1ccc(C(=O)N/N=C/c2ccc(OC(=O)c3ccccc3)c([N+](=O)[O-])c2)cc1. The van der Waals surface area contributed by atoms with Gasteiger partial charge >= 0.3 is 11.7 Å². The van der Waals surface area contributed by atoms with Gasteiger partial charge in [0.25, 0.3) is 5.91 Å². The molecule has 9 nitrogen and oxygen atoms in total. The zero-order chi connectivity index (χ0) is 22.2. The number of carbonyl (C=O) groups excluding carboxylic acids is 2. The summed E-state index contributed by atoms with van der Waals surface area (Å²) in [6.07, 6.45) is 1.25. The second-order valence-electron chi connectivity index (χ2n) is 6.17. The Bertz CT molecular complexity index is 1130. The summed E-state index contributed by atoms with van der Waals surface area (Å²) >= 11 is 0. The van der Waals surface area contributed by atoms with Crippen molar-refractivity contribution in [1.82, 2.24) is 5.43 Å². The molecule has 0 bridgehead atoms. The largest absolute Gasteiger partial charge is 0.497 e. The lowest BCUT2D eigenvalue weighted by Crippen LogP contribution is -2.17. The molecule has 0 aliphatic heterocycles. The fourth-order valence-corrected chi connectivity index (χ4v) is 2.55. The molecule has 0 aromatic heterocycles. The van der Waals surface area contributed by atoms with Gasteiger partial charge in [-0.25, -0.2) is 10.2 Å². The molecule has 156 valence electrons. The molecule has 0 saturated carbocycles. The van der Waals surface area contributed by atoms with Crippen molar-refractivity contribution in [2.45, 2.75) is 0 Å². The summed E-state index contributed by atoms with van der Waals surface area (Å²) in [6, 6.07) is 18.5. The van der Waals surface area contributed by atoms with Crippen molar-refractivity contribution >= 4 is 23.8 Å². The number of hydrazone groups is 1. The number of hydrogen-bond donors (Lipinski definition) is 1. The van der Waals surface area contributed by atoms with Gasteiger partial charge in [-0.3, -0.25) is 14.9 Å². The number of hydrogen-bond acceptors (Lipinski definition) is 7. The summed E-state index contributed by atoms with van der Waals surface area (Å²) in [7, 11) is 1.52. The van der Waals surface area contributed by atoms with Crippen molar-refractivity contribution in [3.05, 3.63) is 99.6 Å². The summed E-state index contributed by atoms with van der Waals surface area (Å²) in [5, 5.41) is 15.2. The van der Waals surface area contributed by atoms with E-state index in [1.54, 1.807) is 54.6 Å². The van der Waals surface area contributed by atoms with Crippen LogP contribution in [0.3, 0.4) is 0 Å². The van der Waals surface area contributed by atoms with Crippen molar-refractivity contribution in [3.63, 3.8) is 0 Å². The van der Waals surface area contributed by atoms with E-state index in [0.717, 1.165) is 0 Å². The number of carbonyl (C=O) groups is 2. The van der Waals surface area contributed by atoms with Crippen LogP contribution in [0.25, 0.3) is 0 Å². The Hall–Kier alpha value is -4.53. The average Bonchev–Trinajstić information content (AvgIpc) is 2.80. The van der Waals surface area contributed by atoms with E-state index in [-0.39, 0.29) is 11.3 Å². The Kier molecular flexibility index (Phi) is 6.69. The van der Waals surface area contributed by atoms with Gasteiger partial charge < -0.3 is 9.47 Å². The maximum atomic E-state index is 12.2. The van der Waals surface area contributed by atoms with Crippen LogP contribution in [0.2, 0.25) is 0 Å². The number of nitrogens with zero attached hydrogens (tertiary/aromatic N) is 2. The Morgan fingerprint density at radius 3 is 2.35 bits per heavy atom. The van der Waals surface area contributed by atoms with E-state index in [4.69, 9.17) is 9.47 Å². The van der Waals surface area contributed by atoms with Crippen LogP contribution in [0.15, 0.2) is 77.9 Å². The minimum atomic E-state index is -0.711. The molecular weight excluding hydrogens is 402 g/mol. The Balaban J connectivity index is 1.70. The Morgan fingerprint density at radius 2 is 1.71 bits per heavy atom. The van der Waals surface area contributed by atoms with Crippen LogP contribution in [0, 0.1) is 10.1 Å². The summed E-state index contributed by atoms with van der Waals surface area (Å²) in [4.78, 5) is 35.0. The van der Waals surface area contributed by atoms with Crippen LogP contribution in [0.4, 0.5) is 5.69 Å². The molecule has 0 radical (unpaired) electrons. The maximum absolute atomic E-state index is 12.2. The third kappa shape index (κ3) is 5.51. The number of ether oxygens (including phenoxy) is 2. The molecule has 3 rings (SSSR count). The predicted octanol–water partition coefficient (Wildman–Crippen LogP) is 3.59. The quantitative estimate of drug-likeness (QED) is 0.205. The standard InChI is InChI=1S/C22H17N3O6/c1-30-18-10-8-16(9-11-18)21(26)24-23-14-15-7-12-20(19(13-15)25(28)29)31-22(27)17-5-3-2-4-6-17/h2-14H,1H3,(H,24,26)/b23-14+. The van der Waals surface area contributed by atoms with Gasteiger partial charge in [0.1, 0.15) is 5.75 Å². The fourth-order valence-electron chi connectivity index (χ4n) is 2.55. The number of benzene rings is 3. The van der Waals surface area contributed by atoms with Gasteiger partial charge in [0.05, 0.1) is 23.8 Å². The van der Waals surface area contributed by atoms with Gasteiger partial charge in [-0.1, -0.05) is 18.2 Å². The molecule has 0 fully saturated rings. The number of nitro benzene ring substituents is 1. The summed E-state index contributed by atoms with van der Waals surface area (Å²) in [6.45, 7) is 0. The lowest BCUT2D eigenvalue weighted by atomic mass is 10.2. The van der Waals surface area contributed by atoms with Crippen LogP contribution in [0.1, 0.15) is 26.3 Å². The first-order chi connectivity index (χ1) is 15.0. The summed E-state index contributed by atoms with van der Waals surface area (Å²) in [5.41, 5.74) is 2.90. The second kappa shape index (κ2) is 9.79. The van der Waals surface area contributed by atoms with Gasteiger partial charge in [0.15, 0.2) is 0 Å². The number of rotatable bonds is 7. The van der Waals surface area contributed by atoms with Crippen molar-refractivity contribution in [1.29, 1.82) is 0 Å². The first-order valence-corrected chi connectivity index (χ1v) is 9.01. The lowest BCUT2D eigenvalue weighted by molar-refractivity contribution is -0.385. The average molecular weight is 419 g/mol. The van der Waals surface area contributed by atoms with Crippen LogP contribution < -0.4 is 14.9 Å². The van der Waals surface area contributed by atoms with Gasteiger partial charge in [-0.2, -0.15) is 5.10 Å². The minimum Gasteiger partial charge on any atom is -0.497 e. The van der Waals surface area contributed by atoms with E-state index in [2.05, 4.69) is 10.5 Å². The zero-order valence-electron chi connectivity index (χ0n) is 16.3. The highest BCUT2D eigenvalue weighted by Gasteiger charge is 2.19. The van der Waals surface area contributed by atoms with Crippen LogP contribution in [-0.2, 0) is 0 Å². The molecule has 3 aromatic rings. The number of methoxy groups -OCH3 is 1. The molecule has 0 saturated heterocycles. The lowest BCUT2D eigenvalue weighted by Gasteiger charge is -2.06. The van der Waals surface area contributed by atoms with Crippen LogP contribution in [0.5, 0.6) is 11.5 Å². The van der Waals surface area contributed by atoms with E-state index < -0.39 is 22.5 Å². The van der Waals surface area contributed by atoms with E-state index in [0.29, 0.717) is 16.9 Å². The molecule has 0 atom stereocenters. The van der Waals surface area contributed by atoms with E-state index in [9.17, 15) is 19.7 Å². The molecular formula is C22H17N3O6. The van der Waals surface area contributed by atoms with E-state index >= 15 is 0 Å². The van der Waals surface area contributed by atoms with E-state index in [1.807, 2.05) is 0 Å². The number of amides is 1. The molecule has 1 N–H and O–H groups in total. The third-order valence-corrected chi connectivity index (χ3v) is 4.12. The maximum Gasteiger partial charge on any atom is 0.343 e. The first-order valence-electron chi connectivity index (χ1n) is 9.01. The molecule has 3 aromatic carbocycles. The molecule has 1 amide bonds. The minimum absolute atomic E-state index is 0.196. The topological polar surface area (TPSA) is 120 Å². The van der Waals surface area contributed by atoms with Crippen molar-refractivity contribution in [3.8, 4) is 11.5 Å². The van der Waals surface area contributed by atoms with Crippen LogP contribution >= 0.6 is 0 Å². The molecule has 9 heteroatoms. The van der Waals surface area contributed by atoms with E-state index in [1.165, 1.54) is 31.5 Å². The molecule has 0 spiro atoms. The van der Waals surface area contributed by atoms with Crippen molar-refractivity contribution < 1.29 is 24.0 Å². The smallest absolute Gasteiger partial charge is 0.343 e. The number of nitro groups is 1. The number of nitrogens with one attached hydrogen (secondary N) is 1. The number of esters is 1. The van der Waals surface area contributed by atoms with Gasteiger partial charge in [-0.05, 0) is 48.5 Å². The van der Waals surface area contributed by atoms with Crippen LogP contribution in [-0.4, -0.2) is 30.1 Å². The second-order valence-corrected chi connectivity index (χ2v) is 6.17. The first kappa shape index (κ1) is 21.2. The molecule has 0 aliphatic rings.